The van der Waals surface area contributed by atoms with Gasteiger partial charge in [0.05, 0.1) is 0 Å². The maximum Gasteiger partial charge on any atom is 0.509 e. The van der Waals surface area contributed by atoms with E-state index in [0.717, 1.165) is 22.3 Å². The van der Waals surface area contributed by atoms with Crippen LogP contribution in [0.5, 0.6) is 0 Å². The summed E-state index contributed by atoms with van der Waals surface area (Å²) in [6, 6.07) is 19.6. The van der Waals surface area contributed by atoms with Gasteiger partial charge in [0.25, 0.3) is 0 Å². The molecule has 0 fully saturated rings. The van der Waals surface area contributed by atoms with Crippen LogP contribution in [0, 0.1) is 0 Å². The lowest BCUT2D eigenvalue weighted by molar-refractivity contribution is -0.321. The van der Waals surface area contributed by atoms with E-state index in [-0.39, 0.29) is 6.03 Å². The van der Waals surface area contributed by atoms with E-state index in [4.69, 9.17) is 0 Å². The summed E-state index contributed by atoms with van der Waals surface area (Å²) in [7, 11) is 0. The maximum atomic E-state index is 12.5. The Morgan fingerprint density at radius 3 is 2.47 bits per heavy atom. The van der Waals surface area contributed by atoms with Crippen LogP contribution in [-0.2, 0) is 0 Å². The van der Waals surface area contributed by atoms with E-state index >= 15 is 0 Å². The Balaban J connectivity index is 1.94. The van der Waals surface area contributed by atoms with Crippen molar-refractivity contribution in [3.63, 3.8) is 0 Å². The number of para-hydroxylation sites is 2. The van der Waals surface area contributed by atoms with Gasteiger partial charge in [-0.1, -0.05) is 36.4 Å². The van der Waals surface area contributed by atoms with Gasteiger partial charge < -0.3 is 0 Å². The normalized spacial score (nSPS) is 13.7. The molecule has 0 aliphatic carbocycles. The SMILES string of the molecule is O=C1n2c(cc3ccccc32)C=[N+]1c1ccccc1. The molecule has 3 heteroatoms. The van der Waals surface area contributed by atoms with Gasteiger partial charge in [0.15, 0.2) is 5.69 Å². The highest BCUT2D eigenvalue weighted by atomic mass is 16.2. The molecule has 1 aliphatic heterocycles. The summed E-state index contributed by atoms with van der Waals surface area (Å²) in [5, 5.41) is 1.09. The van der Waals surface area contributed by atoms with Crippen LogP contribution in [0.1, 0.15) is 5.69 Å². The summed E-state index contributed by atoms with van der Waals surface area (Å²) in [6.45, 7) is 0. The Morgan fingerprint density at radius 1 is 0.895 bits per heavy atom. The van der Waals surface area contributed by atoms with Crippen LogP contribution >= 0.6 is 0 Å². The first-order chi connectivity index (χ1) is 9.34. The molecule has 1 aliphatic rings. The van der Waals surface area contributed by atoms with Crippen molar-refractivity contribution in [1.29, 1.82) is 0 Å². The average Bonchev–Trinajstić information content (AvgIpc) is 2.97. The summed E-state index contributed by atoms with van der Waals surface area (Å²) in [6.07, 6.45) is 1.89. The number of fused-ring (bicyclic) bond motifs is 3. The zero-order chi connectivity index (χ0) is 12.8. The van der Waals surface area contributed by atoms with E-state index in [1.807, 2.05) is 66.9 Å². The fourth-order valence-corrected chi connectivity index (χ4v) is 2.55. The third-order valence-electron chi connectivity index (χ3n) is 3.43. The van der Waals surface area contributed by atoms with Gasteiger partial charge in [-0.15, -0.1) is 0 Å². The van der Waals surface area contributed by atoms with Gasteiger partial charge in [-0.3, -0.25) is 0 Å². The first-order valence-electron chi connectivity index (χ1n) is 6.18. The zero-order valence-corrected chi connectivity index (χ0v) is 10.2. The quantitative estimate of drug-likeness (QED) is 0.605. The molecule has 2 heterocycles. The van der Waals surface area contributed by atoms with Crippen LogP contribution in [0.2, 0.25) is 0 Å². The van der Waals surface area contributed by atoms with Gasteiger partial charge >= 0.3 is 6.03 Å². The largest absolute Gasteiger partial charge is 0.509 e. The lowest BCUT2D eigenvalue weighted by Crippen LogP contribution is -2.15. The number of benzene rings is 2. The predicted molar refractivity (Wildman–Crippen MR) is 74.3 cm³/mol. The van der Waals surface area contributed by atoms with Crippen molar-refractivity contribution in [2.75, 3.05) is 0 Å². The molecule has 0 spiro atoms. The second-order valence-corrected chi connectivity index (χ2v) is 4.58. The van der Waals surface area contributed by atoms with Gasteiger partial charge in [0.2, 0.25) is 0 Å². The van der Waals surface area contributed by atoms with Crippen molar-refractivity contribution in [3.05, 3.63) is 66.4 Å². The fourth-order valence-electron chi connectivity index (χ4n) is 2.55. The van der Waals surface area contributed by atoms with E-state index in [2.05, 4.69) is 0 Å². The average molecular weight is 247 g/mol. The molecule has 3 aromatic rings. The first-order valence-corrected chi connectivity index (χ1v) is 6.18. The number of carbonyl (C=O) groups excluding carboxylic acids is 1. The molecule has 0 saturated carbocycles. The number of amides is 1. The summed E-state index contributed by atoms with van der Waals surface area (Å²) in [4.78, 5) is 12.5. The molecule has 2 aromatic carbocycles. The third-order valence-corrected chi connectivity index (χ3v) is 3.43. The van der Waals surface area contributed by atoms with Crippen molar-refractivity contribution in [3.8, 4) is 0 Å². The summed E-state index contributed by atoms with van der Waals surface area (Å²) in [5.41, 5.74) is 2.77. The van der Waals surface area contributed by atoms with Crippen LogP contribution in [0.25, 0.3) is 10.9 Å². The van der Waals surface area contributed by atoms with E-state index in [9.17, 15) is 4.79 Å². The van der Waals surface area contributed by atoms with Crippen LogP contribution in [0.3, 0.4) is 0 Å². The predicted octanol–water partition coefficient (Wildman–Crippen LogP) is 3.39. The maximum absolute atomic E-state index is 12.5. The van der Waals surface area contributed by atoms with E-state index in [1.54, 1.807) is 9.14 Å². The lowest BCUT2D eigenvalue weighted by atomic mass is 10.2. The molecule has 1 aromatic heterocycles. The number of hydrogen-bond donors (Lipinski definition) is 0. The molecule has 0 unspecified atom stereocenters. The number of nitrogens with zero attached hydrogens (tertiary/aromatic N) is 2. The Labute approximate surface area is 110 Å². The Morgan fingerprint density at radius 2 is 1.63 bits per heavy atom. The van der Waals surface area contributed by atoms with Crippen molar-refractivity contribution in [1.82, 2.24) is 4.57 Å². The Kier molecular flexibility index (Phi) is 1.97. The lowest BCUT2D eigenvalue weighted by Gasteiger charge is -1.98. The van der Waals surface area contributed by atoms with E-state index < -0.39 is 0 Å². The summed E-state index contributed by atoms with van der Waals surface area (Å²) < 4.78 is 3.43. The van der Waals surface area contributed by atoms with Crippen molar-refractivity contribution in [2.45, 2.75) is 0 Å². The molecule has 90 valence electrons. The van der Waals surface area contributed by atoms with Crippen LogP contribution in [0.15, 0.2) is 60.7 Å². The van der Waals surface area contributed by atoms with Crippen molar-refractivity contribution in [2.24, 2.45) is 0 Å². The molecule has 0 bridgehead atoms. The minimum absolute atomic E-state index is 0.0256. The monoisotopic (exact) mass is 247 g/mol. The Hall–Kier alpha value is -2.68. The van der Waals surface area contributed by atoms with Crippen LogP contribution in [0.4, 0.5) is 10.5 Å². The zero-order valence-electron chi connectivity index (χ0n) is 10.2. The van der Waals surface area contributed by atoms with E-state index in [1.165, 1.54) is 0 Å². The smallest absolute Gasteiger partial charge is 0.196 e. The number of aromatic nitrogens is 1. The standard InChI is InChI=1S/C16H11N2O/c19-16-17(13-7-2-1-3-8-13)11-14-10-12-6-4-5-9-15(12)18(14)16/h1-11H/q+1. The number of carbonyl (C=O) groups is 1. The molecule has 19 heavy (non-hydrogen) atoms. The first kappa shape index (κ1) is 10.3. The minimum Gasteiger partial charge on any atom is -0.196 e. The van der Waals surface area contributed by atoms with Crippen LogP contribution < -0.4 is 0 Å². The highest BCUT2D eigenvalue weighted by Gasteiger charge is 2.33. The van der Waals surface area contributed by atoms with Gasteiger partial charge in [0.1, 0.15) is 17.4 Å². The molecular formula is C16H11N2O+. The van der Waals surface area contributed by atoms with Crippen molar-refractivity contribution >= 4 is 28.8 Å². The van der Waals surface area contributed by atoms with E-state index in [0.29, 0.717) is 0 Å². The number of rotatable bonds is 1. The minimum atomic E-state index is -0.0256. The second kappa shape index (κ2) is 3.65. The molecule has 0 N–H and O–H groups in total. The topological polar surface area (TPSA) is 25.0 Å². The molecule has 3 nitrogen and oxygen atoms in total. The molecular weight excluding hydrogens is 236 g/mol. The summed E-state index contributed by atoms with van der Waals surface area (Å²) in [5.74, 6) is 0. The van der Waals surface area contributed by atoms with Gasteiger partial charge in [-0.2, -0.15) is 13.9 Å². The molecule has 4 rings (SSSR count). The van der Waals surface area contributed by atoms with Crippen LogP contribution in [-0.4, -0.2) is 21.4 Å². The fraction of sp³-hybridized carbons (Fsp3) is 0. The van der Waals surface area contributed by atoms with Gasteiger partial charge in [-0.25, -0.2) is 0 Å². The highest BCUT2D eigenvalue weighted by molar-refractivity contribution is 6.02. The number of hydrogen-bond acceptors (Lipinski definition) is 1. The summed E-state index contributed by atoms with van der Waals surface area (Å²) >= 11 is 0. The van der Waals surface area contributed by atoms with Gasteiger partial charge in [0, 0.05) is 11.5 Å². The molecule has 0 atom stereocenters. The highest BCUT2D eigenvalue weighted by Crippen LogP contribution is 2.24. The third kappa shape index (κ3) is 1.38. The van der Waals surface area contributed by atoms with Gasteiger partial charge in [-0.05, 0) is 18.2 Å². The molecule has 0 radical (unpaired) electrons. The molecule has 0 saturated heterocycles. The van der Waals surface area contributed by atoms with Crippen molar-refractivity contribution < 1.29 is 9.37 Å². The molecule has 1 amide bonds. The second-order valence-electron chi connectivity index (χ2n) is 4.58. The Bertz CT molecular complexity index is 828.